The van der Waals surface area contributed by atoms with Crippen molar-refractivity contribution in [2.45, 2.75) is 38.0 Å². The Bertz CT molecular complexity index is 1170. The molecule has 2 aromatic rings. The molecule has 2 fully saturated rings. The second-order valence-corrected chi connectivity index (χ2v) is 9.76. The lowest BCUT2D eigenvalue weighted by molar-refractivity contribution is -0.141. The van der Waals surface area contributed by atoms with Gasteiger partial charge in [0.05, 0.1) is 6.04 Å². The van der Waals surface area contributed by atoms with E-state index in [1.54, 1.807) is 28.9 Å². The average Bonchev–Trinajstić information content (AvgIpc) is 3.25. The van der Waals surface area contributed by atoms with Crippen LogP contribution in [-0.4, -0.2) is 58.9 Å². The summed E-state index contributed by atoms with van der Waals surface area (Å²) < 4.78 is 41.3. The fourth-order valence-corrected chi connectivity index (χ4v) is 4.96. The summed E-state index contributed by atoms with van der Waals surface area (Å²) in [6, 6.07) is 3.69. The van der Waals surface area contributed by atoms with Gasteiger partial charge in [0, 0.05) is 42.6 Å². The van der Waals surface area contributed by atoms with E-state index in [-0.39, 0.29) is 49.8 Å². The summed E-state index contributed by atoms with van der Waals surface area (Å²) in [5.41, 5.74) is -0.671. The number of halogens is 6. The molecule has 2 N–H and O–H groups in total. The smallest absolute Gasteiger partial charge is 0.362 e. The molecule has 2 atom stereocenters. The van der Waals surface area contributed by atoms with Gasteiger partial charge in [-0.25, -0.2) is 4.98 Å². The number of rotatable bonds is 5. The van der Waals surface area contributed by atoms with Crippen LogP contribution in [-0.2, 0) is 15.8 Å². The molecule has 2 aliphatic heterocycles. The number of hydrogen-bond donors (Lipinski definition) is 2. The molecule has 0 bridgehead atoms. The summed E-state index contributed by atoms with van der Waals surface area (Å²) in [5, 5.41) is 5.64. The molecule has 194 valence electrons. The van der Waals surface area contributed by atoms with Crippen molar-refractivity contribution < 1.29 is 22.8 Å². The van der Waals surface area contributed by atoms with Crippen molar-refractivity contribution in [1.82, 2.24) is 20.2 Å². The van der Waals surface area contributed by atoms with Crippen molar-refractivity contribution in [2.24, 2.45) is 0 Å². The van der Waals surface area contributed by atoms with Crippen LogP contribution in [0.15, 0.2) is 18.2 Å². The van der Waals surface area contributed by atoms with Gasteiger partial charge >= 0.3 is 6.18 Å². The molecular formula is C22H22Cl3F3N6O2. The molecule has 0 spiro atoms. The van der Waals surface area contributed by atoms with Crippen LogP contribution in [0.3, 0.4) is 0 Å². The minimum absolute atomic E-state index is 0.162. The number of hydrogen-bond acceptors (Lipinski definition) is 6. The summed E-state index contributed by atoms with van der Waals surface area (Å²) in [5.74, 6) is -0.732. The lowest BCUT2D eigenvalue weighted by atomic mass is 10.1. The molecule has 14 heteroatoms. The number of alkyl halides is 3. The van der Waals surface area contributed by atoms with Gasteiger partial charge in [0.15, 0.2) is 11.5 Å². The van der Waals surface area contributed by atoms with Gasteiger partial charge in [-0.2, -0.15) is 18.2 Å². The van der Waals surface area contributed by atoms with Gasteiger partial charge in [0.1, 0.15) is 11.1 Å². The predicted octanol–water partition coefficient (Wildman–Crippen LogP) is 4.56. The monoisotopic (exact) mass is 564 g/mol. The molecule has 2 amide bonds. The number of carbonyl (C=O) groups is 2. The second-order valence-electron chi connectivity index (χ2n) is 8.54. The third-order valence-electron chi connectivity index (χ3n) is 6.06. The maximum absolute atomic E-state index is 13.8. The largest absolute Gasteiger partial charge is 0.435 e. The molecule has 0 aliphatic carbocycles. The van der Waals surface area contributed by atoms with Crippen molar-refractivity contribution in [1.29, 1.82) is 0 Å². The average molecular weight is 566 g/mol. The van der Waals surface area contributed by atoms with Gasteiger partial charge in [0.2, 0.25) is 17.8 Å². The van der Waals surface area contributed by atoms with E-state index in [4.69, 9.17) is 34.8 Å². The topological polar surface area (TPSA) is 90.5 Å². The highest BCUT2D eigenvalue weighted by Gasteiger charge is 2.39. The van der Waals surface area contributed by atoms with E-state index >= 15 is 0 Å². The van der Waals surface area contributed by atoms with E-state index < -0.39 is 29.0 Å². The molecule has 1 aromatic carbocycles. The predicted molar refractivity (Wildman–Crippen MR) is 131 cm³/mol. The van der Waals surface area contributed by atoms with Crippen LogP contribution in [0.2, 0.25) is 15.1 Å². The Morgan fingerprint density at radius 1 is 1.17 bits per heavy atom. The van der Waals surface area contributed by atoms with Crippen molar-refractivity contribution in [3.8, 4) is 0 Å². The number of anilines is 2. The number of benzene rings is 1. The van der Waals surface area contributed by atoms with Crippen LogP contribution in [0.1, 0.15) is 37.1 Å². The fraction of sp³-hybridized carbons (Fsp3) is 0.455. The molecule has 36 heavy (non-hydrogen) atoms. The third-order valence-corrected chi connectivity index (χ3v) is 6.98. The summed E-state index contributed by atoms with van der Waals surface area (Å²) in [7, 11) is 0. The lowest BCUT2D eigenvalue weighted by Gasteiger charge is -2.36. The summed E-state index contributed by atoms with van der Waals surface area (Å²) >= 11 is 18.3. The maximum Gasteiger partial charge on any atom is 0.435 e. The zero-order valence-electron chi connectivity index (χ0n) is 19.0. The highest BCUT2D eigenvalue weighted by molar-refractivity contribution is 6.35. The van der Waals surface area contributed by atoms with E-state index in [0.717, 1.165) is 0 Å². The molecule has 2 aliphatic rings. The van der Waals surface area contributed by atoms with Crippen LogP contribution in [0.5, 0.6) is 0 Å². The SMILES string of the molecule is C[C@@H](Nc1nc(N2CCN(C(=O)[C@H]3CCC(=O)N3)CC2)nc(C(F)(F)F)c1Cl)c1ccc(Cl)cc1Cl. The molecule has 0 unspecified atom stereocenters. The fourth-order valence-electron chi connectivity index (χ4n) is 4.14. The normalized spacial score (nSPS) is 19.3. The Morgan fingerprint density at radius 2 is 1.86 bits per heavy atom. The highest BCUT2D eigenvalue weighted by atomic mass is 35.5. The highest BCUT2D eigenvalue weighted by Crippen LogP contribution is 2.39. The molecule has 8 nitrogen and oxygen atoms in total. The quantitative estimate of drug-likeness (QED) is 0.553. The zero-order chi connectivity index (χ0) is 26.2. The zero-order valence-corrected chi connectivity index (χ0v) is 21.3. The third kappa shape index (κ3) is 5.73. The molecule has 3 heterocycles. The van der Waals surface area contributed by atoms with Crippen molar-refractivity contribution in [3.63, 3.8) is 0 Å². The molecule has 1 aromatic heterocycles. The minimum atomic E-state index is -4.81. The van der Waals surface area contributed by atoms with Crippen LogP contribution in [0.25, 0.3) is 0 Å². The Hall–Kier alpha value is -2.50. The van der Waals surface area contributed by atoms with Crippen LogP contribution >= 0.6 is 34.8 Å². The number of piperazine rings is 1. The Labute approximate surface area is 220 Å². The maximum atomic E-state index is 13.8. The number of nitrogens with one attached hydrogen (secondary N) is 2. The molecule has 4 rings (SSSR count). The van der Waals surface area contributed by atoms with Crippen molar-refractivity contribution >= 4 is 58.4 Å². The van der Waals surface area contributed by atoms with Gasteiger partial charge in [-0.05, 0) is 31.0 Å². The van der Waals surface area contributed by atoms with Crippen molar-refractivity contribution in [2.75, 3.05) is 36.4 Å². The first-order valence-electron chi connectivity index (χ1n) is 11.1. The van der Waals surface area contributed by atoms with Gasteiger partial charge in [-0.15, -0.1) is 0 Å². The van der Waals surface area contributed by atoms with Gasteiger partial charge < -0.3 is 20.4 Å². The summed E-state index contributed by atoms with van der Waals surface area (Å²) in [4.78, 5) is 35.2. The molecule has 0 saturated carbocycles. The number of nitrogens with zero attached hydrogens (tertiary/aromatic N) is 4. The van der Waals surface area contributed by atoms with Gasteiger partial charge in [-0.3, -0.25) is 9.59 Å². The standard InChI is InChI=1S/C22H22Cl3F3N6O2/c1-11(13-3-2-12(23)10-14(13)24)29-19-17(25)18(22(26,27)28)31-21(32-19)34-8-6-33(7-9-34)20(36)15-4-5-16(35)30-15/h2-3,10-11,15H,4-9H2,1H3,(H,30,35)(H,29,31,32)/t11-,15-/m1/s1. The van der Waals surface area contributed by atoms with E-state index in [1.807, 2.05) is 0 Å². The van der Waals surface area contributed by atoms with Crippen molar-refractivity contribution in [3.05, 3.63) is 44.5 Å². The van der Waals surface area contributed by atoms with Crippen LogP contribution < -0.4 is 15.5 Å². The first kappa shape index (κ1) is 26.6. The van der Waals surface area contributed by atoms with Crippen LogP contribution in [0, 0.1) is 0 Å². The van der Waals surface area contributed by atoms with E-state index in [2.05, 4.69) is 20.6 Å². The number of carbonyl (C=O) groups excluding carboxylic acids is 2. The van der Waals surface area contributed by atoms with E-state index in [0.29, 0.717) is 28.5 Å². The summed E-state index contributed by atoms with van der Waals surface area (Å²) in [6.07, 6.45) is -4.09. The van der Waals surface area contributed by atoms with Gasteiger partial charge in [-0.1, -0.05) is 40.9 Å². The first-order chi connectivity index (χ1) is 16.9. The molecule has 0 radical (unpaired) electrons. The first-order valence-corrected chi connectivity index (χ1v) is 12.3. The second kappa shape index (κ2) is 10.5. The lowest BCUT2D eigenvalue weighted by Crippen LogP contribution is -2.53. The molecular weight excluding hydrogens is 544 g/mol. The number of amides is 2. The van der Waals surface area contributed by atoms with E-state index in [1.165, 1.54) is 6.07 Å². The Kier molecular flexibility index (Phi) is 7.72. The van der Waals surface area contributed by atoms with Gasteiger partial charge in [0.25, 0.3) is 0 Å². The van der Waals surface area contributed by atoms with E-state index in [9.17, 15) is 22.8 Å². The minimum Gasteiger partial charge on any atom is -0.362 e. The van der Waals surface area contributed by atoms with Crippen LogP contribution in [0.4, 0.5) is 24.9 Å². The Balaban J connectivity index is 1.55. The Morgan fingerprint density at radius 3 is 2.44 bits per heavy atom. The molecule has 2 saturated heterocycles. The summed E-state index contributed by atoms with van der Waals surface area (Å²) in [6.45, 7) is 2.62. The number of aromatic nitrogens is 2.